The lowest BCUT2D eigenvalue weighted by Gasteiger charge is -2.43. The molecule has 4 heterocycles. The summed E-state index contributed by atoms with van der Waals surface area (Å²) in [5, 5.41) is 9.73. The third kappa shape index (κ3) is 6.08. The Balaban J connectivity index is 0.000000886. The van der Waals surface area contributed by atoms with Gasteiger partial charge in [-0.2, -0.15) is 5.26 Å². The number of piperazine rings is 1. The van der Waals surface area contributed by atoms with Crippen LogP contribution in [0.15, 0.2) is 55.0 Å². The van der Waals surface area contributed by atoms with E-state index in [1.165, 1.54) is 6.42 Å². The Kier molecular flexibility index (Phi) is 10.0. The number of ether oxygens (including phenoxy) is 1. The molecule has 1 aromatic heterocycles. The van der Waals surface area contributed by atoms with Gasteiger partial charge in [-0.25, -0.2) is 4.98 Å². The van der Waals surface area contributed by atoms with Crippen LogP contribution in [0.25, 0.3) is 0 Å². The molecule has 1 saturated heterocycles. The molecule has 3 aliphatic heterocycles. The van der Waals surface area contributed by atoms with Gasteiger partial charge in [-0.1, -0.05) is 65.2 Å². The highest BCUT2D eigenvalue weighted by Crippen LogP contribution is 2.43. The summed E-state index contributed by atoms with van der Waals surface area (Å²) in [7, 11) is 0. The molecule has 0 atom stereocenters. The van der Waals surface area contributed by atoms with Crippen molar-refractivity contribution in [3.8, 4) is 17.6 Å². The molecule has 1 saturated carbocycles. The smallest absolute Gasteiger partial charge is 0.233 e. The van der Waals surface area contributed by atoms with E-state index in [2.05, 4.69) is 31.5 Å². The molecule has 1 spiro atoms. The lowest BCUT2D eigenvalue weighted by atomic mass is 9.68. The molecule has 2 aromatic carbocycles. The van der Waals surface area contributed by atoms with Crippen molar-refractivity contribution in [1.82, 2.24) is 19.4 Å². The first-order chi connectivity index (χ1) is 19.6. The van der Waals surface area contributed by atoms with Crippen LogP contribution in [-0.2, 0) is 23.3 Å². The Labute approximate surface area is 239 Å². The number of hydrogen-bond donors (Lipinski definition) is 0. The van der Waals surface area contributed by atoms with Gasteiger partial charge in [0, 0.05) is 45.5 Å². The number of hydrogen-bond acceptors (Lipinski definition) is 5. The number of amides is 1. The first-order valence-electron chi connectivity index (χ1n) is 15.0. The molecular formula is C33H43N5O2. The zero-order valence-corrected chi connectivity index (χ0v) is 24.5. The summed E-state index contributed by atoms with van der Waals surface area (Å²) in [6, 6.07) is 16.0. The summed E-state index contributed by atoms with van der Waals surface area (Å²) < 4.78 is 8.48. The minimum atomic E-state index is -0.508. The molecule has 212 valence electrons. The number of carbonyl (C=O) groups is 1. The summed E-state index contributed by atoms with van der Waals surface area (Å²) in [5.41, 5.74) is 3.21. The normalized spacial score (nSPS) is 18.2. The average Bonchev–Trinajstić information content (AvgIpc) is 3.45. The quantitative estimate of drug-likeness (QED) is 0.324. The zero-order valence-electron chi connectivity index (χ0n) is 24.5. The van der Waals surface area contributed by atoms with Gasteiger partial charge in [-0.3, -0.25) is 9.69 Å². The fraction of sp³-hybridized carbons (Fsp3) is 0.485. The summed E-state index contributed by atoms with van der Waals surface area (Å²) in [6.45, 7) is 12.7. The van der Waals surface area contributed by atoms with Crippen molar-refractivity contribution in [1.29, 1.82) is 5.26 Å². The molecule has 7 rings (SSSR count). The van der Waals surface area contributed by atoms with Crippen molar-refractivity contribution in [2.45, 2.75) is 78.3 Å². The third-order valence-electron chi connectivity index (χ3n) is 8.09. The SMILES string of the molecule is CC.CC.N#Cc1ccc2cc1Oc1cccc(c1)C1(CCCCC1)C(=O)N1CCN(CC1)Cc1cncn1C2. The Morgan fingerprint density at radius 1 is 0.925 bits per heavy atom. The monoisotopic (exact) mass is 541 g/mol. The highest BCUT2D eigenvalue weighted by atomic mass is 16.5. The van der Waals surface area contributed by atoms with Gasteiger partial charge in [0.25, 0.3) is 0 Å². The van der Waals surface area contributed by atoms with Crippen LogP contribution in [0.1, 0.15) is 82.2 Å². The van der Waals surface area contributed by atoms with Crippen LogP contribution >= 0.6 is 0 Å². The molecule has 0 radical (unpaired) electrons. The lowest BCUT2D eigenvalue weighted by Crippen LogP contribution is -2.55. The molecular weight excluding hydrogens is 498 g/mol. The first-order valence-corrected chi connectivity index (χ1v) is 15.0. The fourth-order valence-electron chi connectivity index (χ4n) is 6.07. The molecule has 7 nitrogen and oxygen atoms in total. The van der Waals surface area contributed by atoms with Gasteiger partial charge in [-0.15, -0.1) is 0 Å². The number of benzene rings is 2. The maximum absolute atomic E-state index is 14.1. The van der Waals surface area contributed by atoms with E-state index >= 15 is 0 Å². The molecule has 0 N–H and O–H groups in total. The second kappa shape index (κ2) is 13.6. The summed E-state index contributed by atoms with van der Waals surface area (Å²) in [4.78, 5) is 23.0. The van der Waals surface area contributed by atoms with E-state index in [9.17, 15) is 10.1 Å². The second-order valence-electron chi connectivity index (χ2n) is 10.3. The molecule has 1 aliphatic carbocycles. The summed E-state index contributed by atoms with van der Waals surface area (Å²) >= 11 is 0. The van der Waals surface area contributed by atoms with Crippen LogP contribution in [0.2, 0.25) is 0 Å². The molecule has 2 fully saturated rings. The van der Waals surface area contributed by atoms with Crippen molar-refractivity contribution in [2.75, 3.05) is 26.2 Å². The van der Waals surface area contributed by atoms with Gasteiger partial charge in [0.05, 0.1) is 23.0 Å². The highest BCUT2D eigenvalue weighted by molar-refractivity contribution is 5.88. The van der Waals surface area contributed by atoms with Crippen LogP contribution in [0, 0.1) is 11.3 Å². The van der Waals surface area contributed by atoms with E-state index in [1.807, 2.05) is 76.6 Å². The van der Waals surface area contributed by atoms with Gasteiger partial charge in [-0.05, 0) is 48.2 Å². The van der Waals surface area contributed by atoms with E-state index in [-0.39, 0.29) is 5.91 Å². The van der Waals surface area contributed by atoms with Crippen molar-refractivity contribution >= 4 is 5.91 Å². The first kappa shape index (κ1) is 29.4. The van der Waals surface area contributed by atoms with Gasteiger partial charge in [0.15, 0.2) is 0 Å². The van der Waals surface area contributed by atoms with Crippen LogP contribution in [-0.4, -0.2) is 51.4 Å². The van der Waals surface area contributed by atoms with Crippen molar-refractivity contribution in [3.63, 3.8) is 0 Å². The van der Waals surface area contributed by atoms with Crippen molar-refractivity contribution in [2.24, 2.45) is 0 Å². The maximum Gasteiger partial charge on any atom is 0.233 e. The number of carbonyl (C=O) groups excluding carboxylic acids is 1. The van der Waals surface area contributed by atoms with Gasteiger partial charge >= 0.3 is 0 Å². The third-order valence-corrected chi connectivity index (χ3v) is 8.09. The largest absolute Gasteiger partial charge is 0.456 e. The van der Waals surface area contributed by atoms with Gasteiger partial charge in [0.1, 0.15) is 17.6 Å². The van der Waals surface area contributed by atoms with Crippen molar-refractivity contribution in [3.05, 3.63) is 77.4 Å². The molecule has 4 aliphatic rings. The fourth-order valence-corrected chi connectivity index (χ4v) is 6.07. The van der Waals surface area contributed by atoms with Crippen molar-refractivity contribution < 1.29 is 9.53 Å². The van der Waals surface area contributed by atoms with Crippen LogP contribution in [0.3, 0.4) is 0 Å². The van der Waals surface area contributed by atoms with E-state index < -0.39 is 5.41 Å². The molecule has 1 amide bonds. The highest BCUT2D eigenvalue weighted by Gasteiger charge is 2.44. The Hall–Kier alpha value is -3.63. The topological polar surface area (TPSA) is 74.4 Å². The van der Waals surface area contributed by atoms with E-state index in [0.29, 0.717) is 23.6 Å². The minimum Gasteiger partial charge on any atom is -0.456 e. The van der Waals surface area contributed by atoms with E-state index in [0.717, 1.165) is 75.2 Å². The number of rotatable bonds is 0. The average molecular weight is 542 g/mol. The Morgan fingerprint density at radius 3 is 2.40 bits per heavy atom. The van der Waals surface area contributed by atoms with Crippen LogP contribution < -0.4 is 4.74 Å². The summed E-state index contributed by atoms with van der Waals surface area (Å²) in [6.07, 6.45) is 8.81. The predicted molar refractivity (Wildman–Crippen MR) is 158 cm³/mol. The second-order valence-corrected chi connectivity index (χ2v) is 10.3. The van der Waals surface area contributed by atoms with Crippen LogP contribution in [0.4, 0.5) is 0 Å². The minimum absolute atomic E-state index is 0.257. The molecule has 3 aromatic rings. The number of imidazole rings is 1. The van der Waals surface area contributed by atoms with Gasteiger partial charge in [0.2, 0.25) is 5.91 Å². The number of aromatic nitrogens is 2. The molecule has 6 bridgehead atoms. The predicted octanol–water partition coefficient (Wildman–Crippen LogP) is 6.51. The number of fused-ring (bicyclic) bond motifs is 2. The standard InChI is InChI=1S/C29H31N5O2.2C2H6/c30-17-23-8-7-22-15-27(23)36-26-6-4-5-24(16-26)29(9-2-1-3-10-29)28(35)33-13-11-32(12-14-33)20-25-18-31-21-34(25)19-22;2*1-2/h4-8,15-16,18,21H,1-3,9-14,19-20H2;2*1-2H3. The molecule has 40 heavy (non-hydrogen) atoms. The number of nitriles is 1. The van der Waals surface area contributed by atoms with E-state index in [4.69, 9.17) is 4.74 Å². The maximum atomic E-state index is 14.1. The van der Waals surface area contributed by atoms with Gasteiger partial charge < -0.3 is 14.2 Å². The molecule has 7 heteroatoms. The zero-order chi connectivity index (χ0) is 28.5. The lowest BCUT2D eigenvalue weighted by molar-refractivity contribution is -0.140. The Bertz CT molecular complexity index is 1310. The molecule has 0 unspecified atom stereocenters. The summed E-state index contributed by atoms with van der Waals surface area (Å²) in [5.74, 6) is 1.46. The number of nitrogens with zero attached hydrogens (tertiary/aromatic N) is 5. The van der Waals surface area contributed by atoms with Crippen LogP contribution in [0.5, 0.6) is 11.5 Å². The Morgan fingerprint density at radius 2 is 1.68 bits per heavy atom. The van der Waals surface area contributed by atoms with E-state index in [1.54, 1.807) is 0 Å².